The number of hydrogen-bond acceptors (Lipinski definition) is 3. The molecule has 5 heteroatoms. The van der Waals surface area contributed by atoms with Crippen molar-refractivity contribution in [3.63, 3.8) is 0 Å². The van der Waals surface area contributed by atoms with Gasteiger partial charge in [-0.3, -0.25) is 9.13 Å². The van der Waals surface area contributed by atoms with Crippen molar-refractivity contribution in [2.75, 3.05) is 0 Å². The summed E-state index contributed by atoms with van der Waals surface area (Å²) in [5.41, 5.74) is 13.8. The van der Waals surface area contributed by atoms with Crippen LogP contribution in [0.3, 0.4) is 0 Å². The van der Waals surface area contributed by atoms with E-state index in [2.05, 4.69) is 135 Å². The number of rotatable bonds is 4. The van der Waals surface area contributed by atoms with Gasteiger partial charge >= 0.3 is 5.69 Å². The quantitative estimate of drug-likeness (QED) is 0.173. The molecule has 5 nitrogen and oxygen atoms in total. The zero-order chi connectivity index (χ0) is 36.0. The van der Waals surface area contributed by atoms with E-state index in [0.29, 0.717) is 5.82 Å². The van der Waals surface area contributed by atoms with E-state index in [9.17, 15) is 4.79 Å². The number of aryl methyl sites for hydroxylation is 2. The third-order valence-electron chi connectivity index (χ3n) is 11.4. The Morgan fingerprint density at radius 2 is 1.06 bits per heavy atom. The van der Waals surface area contributed by atoms with E-state index in [1.807, 2.05) is 38.4 Å². The van der Waals surface area contributed by atoms with Crippen LogP contribution in [-0.4, -0.2) is 19.1 Å². The highest BCUT2D eigenvalue weighted by Crippen LogP contribution is 2.55. The van der Waals surface area contributed by atoms with E-state index < -0.39 is 0 Å². The highest BCUT2D eigenvalue weighted by atomic mass is 16.1. The van der Waals surface area contributed by atoms with Gasteiger partial charge in [0.2, 0.25) is 0 Å². The maximum absolute atomic E-state index is 12.5. The average molecular weight is 685 g/mol. The fourth-order valence-corrected chi connectivity index (χ4v) is 8.62. The van der Waals surface area contributed by atoms with Gasteiger partial charge in [-0.25, -0.2) is 14.8 Å². The molecule has 9 aromatic rings. The van der Waals surface area contributed by atoms with Gasteiger partial charge < -0.3 is 0 Å². The molecule has 0 N–H and O–H groups in total. The lowest BCUT2D eigenvalue weighted by molar-refractivity contribution is 0.667. The second kappa shape index (κ2) is 11.5. The molecule has 0 radical (unpaired) electrons. The summed E-state index contributed by atoms with van der Waals surface area (Å²) in [4.78, 5) is 22.9. The molecular weight excluding hydrogens is 649 g/mol. The monoisotopic (exact) mass is 684 g/mol. The van der Waals surface area contributed by atoms with Crippen molar-refractivity contribution in [1.29, 1.82) is 0 Å². The molecule has 0 unspecified atom stereocenters. The van der Waals surface area contributed by atoms with Crippen LogP contribution in [-0.2, 0) is 19.5 Å². The van der Waals surface area contributed by atoms with Crippen LogP contribution in [0.4, 0.5) is 0 Å². The summed E-state index contributed by atoms with van der Waals surface area (Å²) in [7, 11) is 3.63. The average Bonchev–Trinajstić information content (AvgIpc) is 3.58. The largest absolute Gasteiger partial charge is 0.328 e. The zero-order valence-electron chi connectivity index (χ0n) is 30.1. The molecule has 0 atom stereocenters. The first-order valence-corrected chi connectivity index (χ1v) is 18.1. The first-order valence-electron chi connectivity index (χ1n) is 18.1. The minimum atomic E-state index is -0.215. The van der Waals surface area contributed by atoms with Crippen molar-refractivity contribution in [3.8, 4) is 56.2 Å². The van der Waals surface area contributed by atoms with Gasteiger partial charge in [0.25, 0.3) is 0 Å². The van der Waals surface area contributed by atoms with Crippen molar-refractivity contribution in [2.24, 2.45) is 14.1 Å². The molecule has 0 fully saturated rings. The molecule has 0 bridgehead atoms. The van der Waals surface area contributed by atoms with Gasteiger partial charge in [0.15, 0.2) is 5.82 Å². The normalized spacial score (nSPS) is 13.1. The van der Waals surface area contributed by atoms with Crippen LogP contribution in [0, 0.1) is 0 Å². The van der Waals surface area contributed by atoms with E-state index >= 15 is 0 Å². The summed E-state index contributed by atoms with van der Waals surface area (Å²) in [5, 5.41) is 5.20. The van der Waals surface area contributed by atoms with E-state index in [-0.39, 0.29) is 11.1 Å². The van der Waals surface area contributed by atoms with Crippen LogP contribution in [0.1, 0.15) is 25.0 Å². The number of hydrogen-bond donors (Lipinski definition) is 0. The third-order valence-corrected chi connectivity index (χ3v) is 11.4. The van der Waals surface area contributed by atoms with Crippen LogP contribution in [0.2, 0.25) is 0 Å². The topological polar surface area (TPSA) is 52.7 Å². The summed E-state index contributed by atoms with van der Waals surface area (Å²) >= 11 is 0. The smallest absolute Gasteiger partial charge is 0.295 e. The van der Waals surface area contributed by atoms with Gasteiger partial charge in [0.05, 0.1) is 22.4 Å². The van der Waals surface area contributed by atoms with Crippen LogP contribution < -0.4 is 5.69 Å². The molecule has 254 valence electrons. The summed E-state index contributed by atoms with van der Waals surface area (Å²) < 4.78 is 3.38. The Morgan fingerprint density at radius 3 is 1.79 bits per heavy atom. The minimum Gasteiger partial charge on any atom is -0.295 e. The maximum atomic E-state index is 12.5. The fourth-order valence-electron chi connectivity index (χ4n) is 8.62. The Labute approximate surface area is 307 Å². The highest BCUT2D eigenvalue weighted by Gasteiger charge is 2.38. The Hall–Kier alpha value is -6.59. The van der Waals surface area contributed by atoms with Crippen molar-refractivity contribution in [3.05, 3.63) is 167 Å². The molecule has 0 aliphatic heterocycles. The van der Waals surface area contributed by atoms with Crippen LogP contribution in [0.25, 0.3) is 88.7 Å². The SMILES string of the molecule is Cn1c(=O)n(C)c2cc(-c3ccc(-c4cc(-c5ccc6c(c5)C(C)(C)c5c-6c6ccccc6c6ccccc56)nc(-c5ccccc5)n4)cc3)ccc21. The summed E-state index contributed by atoms with van der Waals surface area (Å²) in [6.07, 6.45) is 0. The van der Waals surface area contributed by atoms with Gasteiger partial charge in [-0.05, 0) is 79.2 Å². The Balaban J connectivity index is 1.10. The molecule has 1 aliphatic carbocycles. The van der Waals surface area contributed by atoms with Crippen molar-refractivity contribution in [2.45, 2.75) is 19.3 Å². The molecule has 0 saturated carbocycles. The van der Waals surface area contributed by atoms with E-state index in [1.165, 1.54) is 43.8 Å². The molecule has 1 aliphatic rings. The summed E-state index contributed by atoms with van der Waals surface area (Å²) in [6.45, 7) is 4.72. The third kappa shape index (κ3) is 4.67. The van der Waals surface area contributed by atoms with Gasteiger partial charge in [-0.1, -0.05) is 135 Å². The van der Waals surface area contributed by atoms with Crippen molar-refractivity contribution >= 4 is 32.6 Å². The van der Waals surface area contributed by atoms with E-state index in [4.69, 9.17) is 9.97 Å². The number of nitrogens with zero attached hydrogens (tertiary/aromatic N) is 4. The Kier molecular flexibility index (Phi) is 6.74. The van der Waals surface area contributed by atoms with E-state index in [0.717, 1.165) is 50.2 Å². The lowest BCUT2D eigenvalue weighted by atomic mass is 9.79. The lowest BCUT2D eigenvalue weighted by Crippen LogP contribution is -2.19. The first-order chi connectivity index (χ1) is 25.8. The van der Waals surface area contributed by atoms with Crippen LogP contribution in [0.5, 0.6) is 0 Å². The standard InChI is InChI=1S/C48H36N4O/c1-48(2)39-26-33(22-24-38(39)44-36-16-10-8-14-34(36)35-15-9-11-17-37(35)45(44)48)41-28-40(49-46(50-41)31-12-6-5-7-13-31)30-20-18-29(19-21-30)32-23-25-42-43(27-32)52(4)47(53)51(42)3/h5-28H,1-4H3. The Bertz CT molecular complexity index is 3010. The van der Waals surface area contributed by atoms with E-state index in [1.54, 1.807) is 9.13 Å². The molecule has 53 heavy (non-hydrogen) atoms. The number of benzene rings is 7. The van der Waals surface area contributed by atoms with Gasteiger partial charge in [0, 0.05) is 36.2 Å². The predicted molar refractivity (Wildman–Crippen MR) is 218 cm³/mol. The van der Waals surface area contributed by atoms with Crippen molar-refractivity contribution in [1.82, 2.24) is 19.1 Å². The second-order valence-corrected chi connectivity index (χ2v) is 14.7. The number of imidazole rings is 1. The predicted octanol–water partition coefficient (Wildman–Crippen LogP) is 10.9. The number of aromatic nitrogens is 4. The van der Waals surface area contributed by atoms with Crippen LogP contribution in [0.15, 0.2) is 150 Å². The first kappa shape index (κ1) is 31.2. The summed E-state index contributed by atoms with van der Waals surface area (Å²) in [5.74, 6) is 0.692. The lowest BCUT2D eigenvalue weighted by Gasteiger charge is -2.24. The molecule has 2 heterocycles. The summed E-state index contributed by atoms with van der Waals surface area (Å²) in [6, 6.07) is 51.6. The van der Waals surface area contributed by atoms with Gasteiger partial charge in [0.1, 0.15) is 0 Å². The van der Waals surface area contributed by atoms with Crippen LogP contribution >= 0.6 is 0 Å². The number of fused-ring (bicyclic) bond motifs is 9. The molecule has 10 rings (SSSR count). The highest BCUT2D eigenvalue weighted by molar-refractivity contribution is 6.18. The maximum Gasteiger partial charge on any atom is 0.328 e. The Morgan fingerprint density at radius 1 is 0.491 bits per heavy atom. The van der Waals surface area contributed by atoms with Gasteiger partial charge in [-0.2, -0.15) is 0 Å². The molecular formula is C48H36N4O. The van der Waals surface area contributed by atoms with Gasteiger partial charge in [-0.15, -0.1) is 0 Å². The fraction of sp³-hybridized carbons (Fsp3) is 0.104. The molecule has 2 aromatic heterocycles. The second-order valence-electron chi connectivity index (χ2n) is 14.7. The zero-order valence-corrected chi connectivity index (χ0v) is 30.1. The molecule has 0 amide bonds. The molecule has 7 aromatic carbocycles. The molecule has 0 spiro atoms. The van der Waals surface area contributed by atoms with Crippen molar-refractivity contribution < 1.29 is 0 Å². The minimum absolute atomic E-state index is 0.0280. The molecule has 0 saturated heterocycles.